The van der Waals surface area contributed by atoms with E-state index in [1.165, 1.54) is 0 Å². The van der Waals surface area contributed by atoms with Crippen LogP contribution in [0, 0.1) is 5.92 Å². The third kappa shape index (κ3) is 7.73. The molecule has 20 heavy (non-hydrogen) atoms. The van der Waals surface area contributed by atoms with Crippen LogP contribution in [0.25, 0.3) is 0 Å². The largest absolute Gasteiger partial charge is 0.480 e. The van der Waals surface area contributed by atoms with Gasteiger partial charge in [0.1, 0.15) is 12.1 Å². The topological polar surface area (TPSA) is 122 Å². The van der Waals surface area contributed by atoms with Gasteiger partial charge in [0.2, 0.25) is 0 Å². The molecule has 1 heterocycles. The van der Waals surface area contributed by atoms with Crippen molar-refractivity contribution in [1.82, 2.24) is 10.6 Å². The maximum absolute atomic E-state index is 10.9. The molecule has 7 heteroatoms. The highest BCUT2D eigenvalue weighted by Gasteiger charge is 2.29. The van der Waals surface area contributed by atoms with Gasteiger partial charge in [0.15, 0.2) is 0 Å². The molecule has 5 N–H and O–H groups in total. The van der Waals surface area contributed by atoms with E-state index in [1.807, 2.05) is 20.8 Å². The van der Waals surface area contributed by atoms with Crippen LogP contribution in [0.4, 0.5) is 4.79 Å². The monoisotopic (exact) mass is 287 g/mol. The highest BCUT2D eigenvalue weighted by molar-refractivity contribution is 6.04. The summed E-state index contributed by atoms with van der Waals surface area (Å²) in [5.74, 6) is -0.684. The first-order chi connectivity index (χ1) is 9.27. The van der Waals surface area contributed by atoms with Crippen molar-refractivity contribution in [1.29, 1.82) is 0 Å². The zero-order valence-corrected chi connectivity index (χ0v) is 12.3. The van der Waals surface area contributed by atoms with E-state index in [2.05, 4.69) is 10.6 Å². The molecule has 2 unspecified atom stereocenters. The molecule has 0 saturated carbocycles. The third-order valence-electron chi connectivity index (χ3n) is 2.75. The number of nitrogens with one attached hydrogen (secondary N) is 2. The number of carbonyl (C=O) groups excluding carboxylic acids is 2. The lowest BCUT2D eigenvalue weighted by atomic mass is 10.0. The van der Waals surface area contributed by atoms with Crippen molar-refractivity contribution in [3.05, 3.63) is 0 Å². The van der Waals surface area contributed by atoms with Crippen LogP contribution in [0.5, 0.6) is 0 Å². The molecule has 0 radical (unpaired) electrons. The fraction of sp³-hybridized carbons (Fsp3) is 0.769. The Hall–Kier alpha value is -1.63. The van der Waals surface area contributed by atoms with Crippen LogP contribution in [0.2, 0.25) is 0 Å². The maximum atomic E-state index is 10.9. The second kappa shape index (κ2) is 9.30. The number of urea groups is 1. The van der Waals surface area contributed by atoms with E-state index in [0.717, 1.165) is 12.8 Å². The standard InChI is InChI=1S/C7H12N2O2.C6H13NO2/c1-4(2)3-5-6(10)9-7(11)8-5;1-2-3-4-5(7)6(8)9/h4-5H,3H2,1-2H3,(H2,8,9,10,11);5H,2-4,7H2,1H3,(H,8,9). The van der Waals surface area contributed by atoms with Gasteiger partial charge in [0.25, 0.3) is 5.91 Å². The van der Waals surface area contributed by atoms with E-state index < -0.39 is 12.0 Å². The number of rotatable bonds is 6. The van der Waals surface area contributed by atoms with E-state index in [0.29, 0.717) is 18.8 Å². The second-order valence-electron chi connectivity index (χ2n) is 5.23. The van der Waals surface area contributed by atoms with Crippen molar-refractivity contribution >= 4 is 17.9 Å². The van der Waals surface area contributed by atoms with Gasteiger partial charge in [-0.3, -0.25) is 14.9 Å². The molecule has 1 rings (SSSR count). The van der Waals surface area contributed by atoms with Crippen LogP contribution >= 0.6 is 0 Å². The van der Waals surface area contributed by atoms with E-state index >= 15 is 0 Å². The molecule has 1 aliphatic rings. The highest BCUT2D eigenvalue weighted by atomic mass is 16.4. The minimum Gasteiger partial charge on any atom is -0.480 e. The first-order valence-corrected chi connectivity index (χ1v) is 6.87. The van der Waals surface area contributed by atoms with Crippen molar-refractivity contribution in [2.75, 3.05) is 0 Å². The van der Waals surface area contributed by atoms with Crippen LogP contribution in [0.1, 0.15) is 46.5 Å². The number of nitrogens with two attached hydrogens (primary N) is 1. The summed E-state index contributed by atoms with van der Waals surface area (Å²) in [6.45, 7) is 6.03. The van der Waals surface area contributed by atoms with Gasteiger partial charge in [-0.15, -0.1) is 0 Å². The number of unbranched alkanes of at least 4 members (excludes halogenated alkanes) is 1. The first kappa shape index (κ1) is 18.4. The third-order valence-corrected chi connectivity index (χ3v) is 2.75. The van der Waals surface area contributed by atoms with Crippen LogP contribution in [0.3, 0.4) is 0 Å². The predicted octanol–water partition coefficient (Wildman–Crippen LogP) is 0.829. The Kier molecular flexibility index (Phi) is 8.54. The molecule has 1 aliphatic heterocycles. The van der Waals surface area contributed by atoms with Crippen molar-refractivity contribution in [3.8, 4) is 0 Å². The summed E-state index contributed by atoms with van der Waals surface area (Å²) in [4.78, 5) is 31.6. The number of hydrogen-bond acceptors (Lipinski definition) is 4. The maximum Gasteiger partial charge on any atom is 0.322 e. The summed E-state index contributed by atoms with van der Waals surface area (Å²) in [5.41, 5.74) is 5.20. The fourth-order valence-electron chi connectivity index (χ4n) is 1.64. The molecule has 1 saturated heterocycles. The van der Waals surface area contributed by atoms with Gasteiger partial charge in [0, 0.05) is 0 Å². The number of aliphatic carboxylic acids is 1. The molecule has 0 aromatic rings. The number of imide groups is 1. The SMILES string of the molecule is CC(C)CC1NC(=O)NC1=O.CCCCC(N)C(=O)O. The van der Waals surface area contributed by atoms with Crippen LogP contribution < -0.4 is 16.4 Å². The van der Waals surface area contributed by atoms with Gasteiger partial charge in [-0.2, -0.15) is 0 Å². The van der Waals surface area contributed by atoms with E-state index in [4.69, 9.17) is 10.8 Å². The molecular weight excluding hydrogens is 262 g/mol. The number of carboxylic acid groups (broad SMARTS) is 1. The van der Waals surface area contributed by atoms with Crippen LogP contribution in [-0.2, 0) is 9.59 Å². The van der Waals surface area contributed by atoms with Gasteiger partial charge in [-0.25, -0.2) is 4.79 Å². The van der Waals surface area contributed by atoms with Gasteiger partial charge in [0.05, 0.1) is 0 Å². The Labute approximate surface area is 119 Å². The summed E-state index contributed by atoms with van der Waals surface area (Å²) >= 11 is 0. The minimum absolute atomic E-state index is 0.205. The summed E-state index contributed by atoms with van der Waals surface area (Å²) in [6, 6.07) is -1.35. The molecule has 116 valence electrons. The molecule has 0 aromatic heterocycles. The highest BCUT2D eigenvalue weighted by Crippen LogP contribution is 2.07. The molecule has 0 aromatic carbocycles. The van der Waals surface area contributed by atoms with Crippen molar-refractivity contribution < 1.29 is 19.5 Å². The molecule has 0 spiro atoms. The first-order valence-electron chi connectivity index (χ1n) is 6.87. The smallest absolute Gasteiger partial charge is 0.322 e. The Morgan fingerprint density at radius 3 is 2.35 bits per heavy atom. The average molecular weight is 287 g/mol. The number of carbonyl (C=O) groups is 3. The summed E-state index contributed by atoms with van der Waals surface area (Å²) in [5, 5.41) is 13.0. The van der Waals surface area contributed by atoms with Crippen molar-refractivity contribution in [2.45, 2.75) is 58.5 Å². The van der Waals surface area contributed by atoms with Crippen molar-refractivity contribution in [3.63, 3.8) is 0 Å². The quantitative estimate of drug-likeness (QED) is 0.539. The molecule has 7 nitrogen and oxygen atoms in total. The Balaban J connectivity index is 0.000000370. The fourth-order valence-corrected chi connectivity index (χ4v) is 1.64. The number of amides is 3. The lowest BCUT2D eigenvalue weighted by molar-refractivity contribution is -0.138. The number of hydrogen-bond donors (Lipinski definition) is 4. The molecule has 3 amide bonds. The van der Waals surface area contributed by atoms with Gasteiger partial charge in [-0.1, -0.05) is 33.6 Å². The minimum atomic E-state index is -0.900. The van der Waals surface area contributed by atoms with Crippen LogP contribution in [0.15, 0.2) is 0 Å². The van der Waals surface area contributed by atoms with E-state index in [9.17, 15) is 14.4 Å². The summed E-state index contributed by atoms with van der Waals surface area (Å²) < 4.78 is 0. The zero-order valence-electron chi connectivity index (χ0n) is 12.3. The summed E-state index contributed by atoms with van der Waals surface area (Å²) in [7, 11) is 0. The van der Waals surface area contributed by atoms with Gasteiger partial charge >= 0.3 is 12.0 Å². The van der Waals surface area contributed by atoms with E-state index in [1.54, 1.807) is 0 Å². The Bertz CT molecular complexity index is 345. The van der Waals surface area contributed by atoms with Gasteiger partial charge in [-0.05, 0) is 18.8 Å². The van der Waals surface area contributed by atoms with Crippen molar-refractivity contribution in [2.24, 2.45) is 11.7 Å². The second-order valence-corrected chi connectivity index (χ2v) is 5.23. The molecular formula is C13H25N3O4. The lowest BCUT2D eigenvalue weighted by Gasteiger charge is -2.08. The molecule has 2 atom stereocenters. The summed E-state index contributed by atoms with van der Waals surface area (Å²) in [6.07, 6.45) is 3.19. The Morgan fingerprint density at radius 2 is 2.00 bits per heavy atom. The average Bonchev–Trinajstić information content (AvgIpc) is 2.64. The Morgan fingerprint density at radius 1 is 1.40 bits per heavy atom. The van der Waals surface area contributed by atoms with Crippen LogP contribution in [-0.4, -0.2) is 35.1 Å². The molecule has 1 fully saturated rings. The zero-order chi connectivity index (χ0) is 15.7. The lowest BCUT2D eigenvalue weighted by Crippen LogP contribution is -2.30. The molecule has 0 aliphatic carbocycles. The van der Waals surface area contributed by atoms with E-state index in [-0.39, 0.29) is 18.0 Å². The normalized spacial score (nSPS) is 18.9. The predicted molar refractivity (Wildman–Crippen MR) is 75.1 cm³/mol. The van der Waals surface area contributed by atoms with Gasteiger partial charge < -0.3 is 16.2 Å². The molecule has 0 bridgehead atoms. The number of carboxylic acids is 1.